The predicted octanol–water partition coefficient (Wildman–Crippen LogP) is 1.87. The molecule has 0 atom stereocenters. The van der Waals surface area contributed by atoms with Crippen molar-refractivity contribution in [2.24, 2.45) is 0 Å². The molecule has 7 nitrogen and oxygen atoms in total. The standard InChI is InChI=1S/C20H25N3O4S/c1-28(26,27)23-19(25)20(9-3-2-4-10-20)22-18(24)12-14-5-6-16(13-21)17(11-14)15-7-8-15/h5-6,11,15H,2-4,7-10,12H2,1H3,(H,22,24)(H,23,25). The van der Waals surface area contributed by atoms with E-state index in [4.69, 9.17) is 0 Å². The number of carbonyl (C=O) groups is 2. The Labute approximate surface area is 165 Å². The number of nitrogens with zero attached hydrogens (tertiary/aromatic N) is 1. The van der Waals surface area contributed by atoms with Crippen LogP contribution in [0, 0.1) is 11.3 Å². The highest BCUT2D eigenvalue weighted by Gasteiger charge is 2.41. The Hall–Kier alpha value is -2.40. The molecule has 0 bridgehead atoms. The van der Waals surface area contributed by atoms with E-state index in [0.717, 1.165) is 49.5 Å². The van der Waals surface area contributed by atoms with Gasteiger partial charge in [0.15, 0.2) is 0 Å². The largest absolute Gasteiger partial charge is 0.341 e. The second-order valence-electron chi connectivity index (χ2n) is 7.88. The van der Waals surface area contributed by atoms with Crippen molar-refractivity contribution in [3.8, 4) is 6.07 Å². The number of nitrogens with one attached hydrogen (secondary N) is 2. The summed E-state index contributed by atoms with van der Waals surface area (Å²) in [6, 6.07) is 7.60. The molecule has 0 radical (unpaired) electrons. The van der Waals surface area contributed by atoms with Crippen molar-refractivity contribution >= 4 is 21.8 Å². The lowest BCUT2D eigenvalue weighted by Crippen LogP contribution is -2.60. The van der Waals surface area contributed by atoms with E-state index in [9.17, 15) is 23.3 Å². The highest BCUT2D eigenvalue weighted by molar-refractivity contribution is 7.89. The smallest absolute Gasteiger partial charge is 0.259 e. The topological polar surface area (TPSA) is 116 Å². The molecule has 150 valence electrons. The van der Waals surface area contributed by atoms with E-state index in [0.29, 0.717) is 24.3 Å². The number of nitriles is 1. The van der Waals surface area contributed by atoms with Crippen LogP contribution in [0.25, 0.3) is 0 Å². The van der Waals surface area contributed by atoms with E-state index in [1.165, 1.54) is 0 Å². The molecule has 0 spiro atoms. The van der Waals surface area contributed by atoms with E-state index in [1.807, 2.05) is 10.8 Å². The van der Waals surface area contributed by atoms with Crippen LogP contribution < -0.4 is 10.0 Å². The number of benzene rings is 1. The third-order valence-corrected chi connectivity index (χ3v) is 5.97. The molecule has 2 fully saturated rings. The normalized spacial score (nSPS) is 18.7. The molecule has 2 amide bonds. The van der Waals surface area contributed by atoms with Gasteiger partial charge in [-0.25, -0.2) is 8.42 Å². The second kappa shape index (κ2) is 7.92. The Balaban J connectivity index is 1.75. The third-order valence-electron chi connectivity index (χ3n) is 5.42. The summed E-state index contributed by atoms with van der Waals surface area (Å²) in [7, 11) is -3.70. The molecule has 2 aliphatic rings. The van der Waals surface area contributed by atoms with Crippen molar-refractivity contribution in [1.29, 1.82) is 5.26 Å². The van der Waals surface area contributed by atoms with E-state index in [1.54, 1.807) is 12.1 Å². The van der Waals surface area contributed by atoms with E-state index < -0.39 is 21.5 Å². The maximum Gasteiger partial charge on any atom is 0.259 e. The molecule has 0 saturated heterocycles. The third kappa shape index (κ3) is 4.90. The van der Waals surface area contributed by atoms with Gasteiger partial charge in [-0.05, 0) is 48.8 Å². The van der Waals surface area contributed by atoms with Crippen molar-refractivity contribution in [2.45, 2.75) is 62.8 Å². The van der Waals surface area contributed by atoms with Crippen molar-refractivity contribution in [1.82, 2.24) is 10.0 Å². The van der Waals surface area contributed by atoms with Crippen LogP contribution in [0.3, 0.4) is 0 Å². The fourth-order valence-corrected chi connectivity index (χ4v) is 4.41. The molecule has 0 aromatic heterocycles. The fourth-order valence-electron chi connectivity index (χ4n) is 3.88. The Kier molecular flexibility index (Phi) is 5.75. The average Bonchev–Trinajstić information content (AvgIpc) is 3.46. The molecule has 28 heavy (non-hydrogen) atoms. The lowest BCUT2D eigenvalue weighted by molar-refractivity contribution is -0.133. The molecule has 0 unspecified atom stereocenters. The van der Waals surface area contributed by atoms with Gasteiger partial charge in [0, 0.05) is 0 Å². The summed E-state index contributed by atoms with van der Waals surface area (Å²) in [6.07, 6.45) is 6.41. The van der Waals surface area contributed by atoms with Crippen molar-refractivity contribution in [2.75, 3.05) is 6.26 Å². The number of sulfonamides is 1. The first-order valence-electron chi connectivity index (χ1n) is 9.58. The monoisotopic (exact) mass is 403 g/mol. The van der Waals surface area contributed by atoms with Gasteiger partial charge in [0.25, 0.3) is 5.91 Å². The molecule has 0 aliphatic heterocycles. The number of hydrogen-bond acceptors (Lipinski definition) is 5. The Bertz CT molecular complexity index is 923. The zero-order valence-corrected chi connectivity index (χ0v) is 16.8. The fraction of sp³-hybridized carbons (Fsp3) is 0.550. The Morgan fingerprint density at radius 3 is 2.46 bits per heavy atom. The molecule has 1 aromatic carbocycles. The molecular weight excluding hydrogens is 378 g/mol. The van der Waals surface area contributed by atoms with Crippen LogP contribution in [0.4, 0.5) is 0 Å². The van der Waals surface area contributed by atoms with Gasteiger partial charge in [0.05, 0.1) is 24.3 Å². The summed E-state index contributed by atoms with van der Waals surface area (Å²) in [4.78, 5) is 25.3. The summed E-state index contributed by atoms with van der Waals surface area (Å²) in [5.41, 5.74) is 1.22. The summed E-state index contributed by atoms with van der Waals surface area (Å²) in [5.74, 6) is -0.596. The minimum atomic E-state index is -3.70. The van der Waals surface area contributed by atoms with Gasteiger partial charge in [-0.15, -0.1) is 0 Å². The first kappa shape index (κ1) is 20.3. The van der Waals surface area contributed by atoms with Crippen molar-refractivity contribution < 1.29 is 18.0 Å². The molecule has 1 aromatic rings. The summed E-state index contributed by atoms with van der Waals surface area (Å²) < 4.78 is 25.0. The number of amides is 2. The summed E-state index contributed by atoms with van der Waals surface area (Å²) in [5, 5.41) is 12.1. The maximum absolute atomic E-state index is 12.7. The number of carbonyl (C=O) groups excluding carboxylic acids is 2. The van der Waals surface area contributed by atoms with Crippen LogP contribution in [-0.4, -0.2) is 32.0 Å². The number of rotatable bonds is 6. The molecular formula is C20H25N3O4S. The van der Waals surface area contributed by atoms with Crippen LogP contribution in [0.5, 0.6) is 0 Å². The molecule has 3 rings (SSSR count). The van der Waals surface area contributed by atoms with E-state index >= 15 is 0 Å². The first-order chi connectivity index (χ1) is 13.2. The van der Waals surface area contributed by atoms with Gasteiger partial charge >= 0.3 is 0 Å². The van der Waals surface area contributed by atoms with Crippen LogP contribution >= 0.6 is 0 Å². The van der Waals surface area contributed by atoms with Gasteiger partial charge in [-0.2, -0.15) is 5.26 Å². The van der Waals surface area contributed by atoms with Crippen LogP contribution in [0.2, 0.25) is 0 Å². The van der Waals surface area contributed by atoms with Crippen molar-refractivity contribution in [3.05, 3.63) is 34.9 Å². The van der Waals surface area contributed by atoms with Crippen LogP contribution in [-0.2, 0) is 26.0 Å². The minimum Gasteiger partial charge on any atom is -0.341 e. The quantitative estimate of drug-likeness (QED) is 0.752. The SMILES string of the molecule is CS(=O)(=O)NC(=O)C1(NC(=O)Cc2ccc(C#N)c(C3CC3)c2)CCCCC1. The summed E-state index contributed by atoms with van der Waals surface area (Å²) >= 11 is 0. The zero-order chi connectivity index (χ0) is 20.4. The van der Waals surface area contributed by atoms with Gasteiger partial charge in [0.1, 0.15) is 5.54 Å². The van der Waals surface area contributed by atoms with Gasteiger partial charge in [-0.3, -0.25) is 14.3 Å². The van der Waals surface area contributed by atoms with E-state index in [2.05, 4.69) is 11.4 Å². The Morgan fingerprint density at radius 2 is 1.89 bits per heavy atom. The van der Waals surface area contributed by atoms with Gasteiger partial charge < -0.3 is 5.32 Å². The molecule has 2 aliphatic carbocycles. The highest BCUT2D eigenvalue weighted by Crippen LogP contribution is 2.42. The summed E-state index contributed by atoms with van der Waals surface area (Å²) in [6.45, 7) is 0. The maximum atomic E-state index is 12.7. The highest BCUT2D eigenvalue weighted by atomic mass is 32.2. The zero-order valence-electron chi connectivity index (χ0n) is 16.0. The van der Waals surface area contributed by atoms with Gasteiger partial charge in [-0.1, -0.05) is 31.4 Å². The lowest BCUT2D eigenvalue weighted by Gasteiger charge is -2.36. The van der Waals surface area contributed by atoms with Gasteiger partial charge in [0.2, 0.25) is 15.9 Å². The molecule has 2 saturated carbocycles. The molecule has 8 heteroatoms. The van der Waals surface area contributed by atoms with Crippen molar-refractivity contribution in [3.63, 3.8) is 0 Å². The predicted molar refractivity (Wildman–Crippen MR) is 104 cm³/mol. The average molecular weight is 404 g/mol. The van der Waals surface area contributed by atoms with E-state index in [-0.39, 0.29) is 12.3 Å². The Morgan fingerprint density at radius 1 is 1.21 bits per heavy atom. The number of hydrogen-bond donors (Lipinski definition) is 2. The lowest BCUT2D eigenvalue weighted by atomic mass is 9.81. The first-order valence-corrected chi connectivity index (χ1v) is 11.5. The molecule has 0 heterocycles. The van der Waals surface area contributed by atoms with Crippen LogP contribution in [0.15, 0.2) is 18.2 Å². The minimum absolute atomic E-state index is 0.0827. The molecule has 2 N–H and O–H groups in total. The van der Waals surface area contributed by atoms with Crippen LogP contribution in [0.1, 0.15) is 67.6 Å². The second-order valence-corrected chi connectivity index (χ2v) is 9.63.